The predicted octanol–water partition coefficient (Wildman–Crippen LogP) is 5.68. The molecule has 0 aliphatic rings. The number of hydrogen-bond acceptors (Lipinski definition) is 7. The van der Waals surface area contributed by atoms with Gasteiger partial charge in [-0.3, -0.25) is 14.5 Å². The van der Waals surface area contributed by atoms with Crippen molar-refractivity contribution in [2.45, 2.75) is 13.3 Å². The van der Waals surface area contributed by atoms with E-state index in [1.807, 2.05) is 0 Å². The lowest BCUT2D eigenvalue weighted by molar-refractivity contribution is -0.274. The average Bonchev–Trinajstić information content (AvgIpc) is 3.25. The molecule has 0 bridgehead atoms. The van der Waals surface area contributed by atoms with Crippen LogP contribution in [0.25, 0.3) is 22.4 Å². The van der Waals surface area contributed by atoms with Gasteiger partial charge in [0.2, 0.25) is 5.88 Å². The van der Waals surface area contributed by atoms with Crippen LogP contribution >= 0.6 is 0 Å². The highest BCUT2D eigenvalue weighted by molar-refractivity contribution is 6.05. The highest BCUT2D eigenvalue weighted by atomic mass is 19.4. The van der Waals surface area contributed by atoms with Crippen LogP contribution in [0.2, 0.25) is 0 Å². The van der Waals surface area contributed by atoms with Crippen molar-refractivity contribution < 1.29 is 27.4 Å². The molecule has 2 aromatic carbocycles. The number of nitrogens with zero attached hydrogens (tertiary/aromatic N) is 5. The molecule has 12 heteroatoms. The van der Waals surface area contributed by atoms with Gasteiger partial charge in [0.1, 0.15) is 16.9 Å². The van der Waals surface area contributed by atoms with Crippen LogP contribution < -0.4 is 14.8 Å². The van der Waals surface area contributed by atoms with Crippen molar-refractivity contribution >= 4 is 22.6 Å². The number of carbonyl (C=O) groups is 1. The van der Waals surface area contributed by atoms with E-state index in [1.165, 1.54) is 18.2 Å². The summed E-state index contributed by atoms with van der Waals surface area (Å²) in [4.78, 5) is 26.1. The molecule has 0 saturated heterocycles. The molecular formula is C26H19F3N6O3. The lowest BCUT2D eigenvalue weighted by Crippen LogP contribution is -2.17. The van der Waals surface area contributed by atoms with Crippen molar-refractivity contribution in [2.75, 3.05) is 5.32 Å². The maximum absolute atomic E-state index is 13.0. The molecule has 0 fully saturated rings. The summed E-state index contributed by atoms with van der Waals surface area (Å²) in [5.41, 5.74) is 2.17. The molecule has 3 aromatic heterocycles. The maximum Gasteiger partial charge on any atom is 0.573 e. The van der Waals surface area contributed by atoms with Gasteiger partial charge >= 0.3 is 6.36 Å². The fourth-order valence-electron chi connectivity index (χ4n) is 3.69. The monoisotopic (exact) mass is 520 g/mol. The Morgan fingerprint density at radius 2 is 1.79 bits per heavy atom. The third-order valence-corrected chi connectivity index (χ3v) is 5.39. The van der Waals surface area contributed by atoms with E-state index in [0.717, 1.165) is 17.7 Å². The average molecular weight is 520 g/mol. The second kappa shape index (κ2) is 9.81. The number of fused-ring (bicyclic) bond motifs is 1. The number of nitrogens with one attached hydrogen (secondary N) is 1. The van der Waals surface area contributed by atoms with Crippen LogP contribution in [-0.2, 0) is 7.05 Å². The SMILES string of the molecule is Cc1ccc(Oc2nc(-c3ccncc3)nc3nn(C)cc23)cc1C(=O)Nc1cccc(OC(F)(F)F)c1. The summed E-state index contributed by atoms with van der Waals surface area (Å²) >= 11 is 0. The highest BCUT2D eigenvalue weighted by Gasteiger charge is 2.31. The fourth-order valence-corrected chi connectivity index (χ4v) is 3.69. The van der Waals surface area contributed by atoms with Gasteiger partial charge in [0.05, 0.1) is 0 Å². The van der Waals surface area contributed by atoms with E-state index in [2.05, 4.69) is 30.1 Å². The van der Waals surface area contributed by atoms with Crippen LogP contribution in [0.5, 0.6) is 17.4 Å². The standard InChI is InChI=1S/C26H19F3N6O3/c1-15-6-7-18(13-20(15)24(36)31-17-4-3-5-19(12-17)38-26(27,28)29)37-25-21-14-35(2)34-23(21)32-22(33-25)16-8-10-30-11-9-16/h3-14H,1-2H3,(H,31,36). The summed E-state index contributed by atoms with van der Waals surface area (Å²) in [6, 6.07) is 13.4. The van der Waals surface area contributed by atoms with Gasteiger partial charge in [0.15, 0.2) is 11.5 Å². The zero-order valence-electron chi connectivity index (χ0n) is 20.0. The molecule has 5 rings (SSSR count). The summed E-state index contributed by atoms with van der Waals surface area (Å²) < 4.78 is 49.3. The number of anilines is 1. The maximum atomic E-state index is 13.0. The first-order chi connectivity index (χ1) is 18.1. The van der Waals surface area contributed by atoms with Crippen molar-refractivity contribution in [3.63, 3.8) is 0 Å². The topological polar surface area (TPSA) is 104 Å². The molecule has 192 valence electrons. The van der Waals surface area contributed by atoms with Crippen LogP contribution in [0.4, 0.5) is 18.9 Å². The Morgan fingerprint density at radius 1 is 1.00 bits per heavy atom. The fraction of sp³-hybridized carbons (Fsp3) is 0.115. The normalized spacial score (nSPS) is 11.4. The Hall–Kier alpha value is -5.00. The van der Waals surface area contributed by atoms with Crippen LogP contribution in [-0.4, -0.2) is 37.0 Å². The van der Waals surface area contributed by atoms with E-state index in [-0.39, 0.29) is 17.1 Å². The molecule has 5 aromatic rings. The number of rotatable bonds is 6. The minimum atomic E-state index is -4.84. The summed E-state index contributed by atoms with van der Waals surface area (Å²) in [5, 5.41) is 7.52. The van der Waals surface area contributed by atoms with Crippen molar-refractivity contribution in [1.29, 1.82) is 0 Å². The van der Waals surface area contributed by atoms with Gasteiger partial charge in [-0.1, -0.05) is 12.1 Å². The summed E-state index contributed by atoms with van der Waals surface area (Å²) in [6.45, 7) is 1.73. The van der Waals surface area contributed by atoms with Crippen molar-refractivity contribution in [3.05, 3.63) is 84.3 Å². The molecule has 1 amide bonds. The first-order valence-electron chi connectivity index (χ1n) is 11.2. The van der Waals surface area contributed by atoms with E-state index in [4.69, 9.17) is 4.74 Å². The zero-order valence-corrected chi connectivity index (χ0v) is 20.0. The van der Waals surface area contributed by atoms with Crippen LogP contribution in [0.3, 0.4) is 0 Å². The highest BCUT2D eigenvalue weighted by Crippen LogP contribution is 2.31. The van der Waals surface area contributed by atoms with E-state index in [1.54, 1.807) is 61.5 Å². The molecule has 38 heavy (non-hydrogen) atoms. The number of pyridine rings is 1. The van der Waals surface area contributed by atoms with Crippen LogP contribution in [0.15, 0.2) is 73.2 Å². The zero-order chi connectivity index (χ0) is 26.9. The molecule has 0 aliphatic heterocycles. The van der Waals surface area contributed by atoms with Gasteiger partial charge in [-0.05, 0) is 48.9 Å². The Kier molecular flexibility index (Phi) is 6.37. The first-order valence-corrected chi connectivity index (χ1v) is 11.2. The van der Waals surface area contributed by atoms with Gasteiger partial charge in [-0.15, -0.1) is 13.2 Å². The predicted molar refractivity (Wildman–Crippen MR) is 132 cm³/mol. The minimum absolute atomic E-state index is 0.136. The Bertz CT molecular complexity index is 1640. The number of benzene rings is 2. The van der Waals surface area contributed by atoms with E-state index in [0.29, 0.717) is 28.2 Å². The number of carbonyl (C=O) groups excluding carboxylic acids is 1. The number of halogens is 3. The van der Waals surface area contributed by atoms with Gasteiger partial charge in [0.25, 0.3) is 5.91 Å². The van der Waals surface area contributed by atoms with Gasteiger partial charge in [-0.25, -0.2) is 4.98 Å². The van der Waals surface area contributed by atoms with E-state index >= 15 is 0 Å². The molecule has 0 atom stereocenters. The van der Waals surface area contributed by atoms with Crippen molar-refractivity contribution in [1.82, 2.24) is 24.7 Å². The van der Waals surface area contributed by atoms with Gasteiger partial charge in [-0.2, -0.15) is 10.1 Å². The molecule has 9 nitrogen and oxygen atoms in total. The number of ether oxygens (including phenoxy) is 2. The molecule has 0 aliphatic carbocycles. The quantitative estimate of drug-likeness (QED) is 0.307. The second-order valence-corrected chi connectivity index (χ2v) is 8.24. The summed E-state index contributed by atoms with van der Waals surface area (Å²) in [5.74, 6) is -0.0386. The molecule has 1 N–H and O–H groups in total. The number of amides is 1. The molecule has 0 spiro atoms. The molecule has 0 unspecified atom stereocenters. The van der Waals surface area contributed by atoms with Gasteiger partial charge in [0, 0.05) is 48.5 Å². The van der Waals surface area contributed by atoms with Crippen molar-refractivity contribution in [3.8, 4) is 28.8 Å². The van der Waals surface area contributed by atoms with Crippen LogP contribution in [0.1, 0.15) is 15.9 Å². The van der Waals surface area contributed by atoms with Crippen LogP contribution in [0, 0.1) is 6.92 Å². The molecule has 3 heterocycles. The summed E-state index contributed by atoms with van der Waals surface area (Å²) in [6.07, 6.45) is 0.122. The van der Waals surface area contributed by atoms with Gasteiger partial charge < -0.3 is 14.8 Å². The largest absolute Gasteiger partial charge is 0.573 e. The smallest absolute Gasteiger partial charge is 0.438 e. The lowest BCUT2D eigenvalue weighted by Gasteiger charge is -2.13. The first kappa shape index (κ1) is 24.7. The number of aromatic nitrogens is 5. The Balaban J connectivity index is 1.44. The van der Waals surface area contributed by atoms with E-state index < -0.39 is 18.0 Å². The third-order valence-electron chi connectivity index (χ3n) is 5.39. The Labute approximate surface area is 213 Å². The minimum Gasteiger partial charge on any atom is -0.438 e. The third kappa shape index (κ3) is 5.53. The number of alkyl halides is 3. The summed E-state index contributed by atoms with van der Waals surface area (Å²) in [7, 11) is 1.75. The lowest BCUT2D eigenvalue weighted by atomic mass is 10.1. The van der Waals surface area contributed by atoms with Crippen molar-refractivity contribution in [2.24, 2.45) is 7.05 Å². The number of hydrogen-bond donors (Lipinski definition) is 1. The van der Waals surface area contributed by atoms with E-state index in [9.17, 15) is 18.0 Å². The molecule has 0 radical (unpaired) electrons. The Morgan fingerprint density at radius 3 is 2.55 bits per heavy atom. The number of aryl methyl sites for hydroxylation is 2. The molecule has 0 saturated carbocycles. The second-order valence-electron chi connectivity index (χ2n) is 8.24. The molecular weight excluding hydrogens is 501 g/mol.